The summed E-state index contributed by atoms with van der Waals surface area (Å²) in [5.41, 5.74) is 2.24. The summed E-state index contributed by atoms with van der Waals surface area (Å²) in [6, 6.07) is 14.8. The van der Waals surface area contributed by atoms with E-state index in [0.717, 1.165) is 11.2 Å². The average molecular weight is 379 g/mol. The molecule has 2 aromatic carbocycles. The largest absolute Gasteiger partial charge is 0.325 e. The lowest BCUT2D eigenvalue weighted by atomic mass is 10.2. The van der Waals surface area contributed by atoms with Crippen LogP contribution in [0.1, 0.15) is 12.5 Å². The molecule has 0 aliphatic carbocycles. The molecule has 1 atom stereocenters. The van der Waals surface area contributed by atoms with Crippen LogP contribution in [0.3, 0.4) is 0 Å². The summed E-state index contributed by atoms with van der Waals surface area (Å²) in [5, 5.41) is 2.56. The molecule has 0 heterocycles. The molecule has 5 nitrogen and oxygen atoms in total. The molecule has 1 N–H and O–H groups in total. The van der Waals surface area contributed by atoms with Gasteiger partial charge in [-0.05, 0) is 44.2 Å². The molecule has 0 fully saturated rings. The summed E-state index contributed by atoms with van der Waals surface area (Å²) in [7, 11) is -1.87. The highest BCUT2D eigenvalue weighted by Gasteiger charge is 2.16. The van der Waals surface area contributed by atoms with Gasteiger partial charge in [0, 0.05) is 17.6 Å². The van der Waals surface area contributed by atoms with Crippen molar-refractivity contribution in [2.24, 2.45) is 0 Å². The molecule has 0 aliphatic rings. The molecule has 0 saturated carbocycles. The second-order valence-electron chi connectivity index (χ2n) is 5.84. The SMILES string of the molecule is Cc1ccc(S[C@H](C)C(=O)Nc2cccc(N(C)S(C)(=O)=O)c2)cc1. The van der Waals surface area contributed by atoms with Crippen LogP contribution >= 0.6 is 11.8 Å². The molecular weight excluding hydrogens is 356 g/mol. The summed E-state index contributed by atoms with van der Waals surface area (Å²) in [4.78, 5) is 13.4. The van der Waals surface area contributed by atoms with Gasteiger partial charge in [-0.25, -0.2) is 8.42 Å². The number of hydrogen-bond acceptors (Lipinski definition) is 4. The van der Waals surface area contributed by atoms with Gasteiger partial charge in [0.15, 0.2) is 0 Å². The maximum absolute atomic E-state index is 12.4. The van der Waals surface area contributed by atoms with Crippen LogP contribution in [0.2, 0.25) is 0 Å². The van der Waals surface area contributed by atoms with Gasteiger partial charge < -0.3 is 5.32 Å². The first-order valence-corrected chi connectivity index (χ1v) is 10.5. The lowest BCUT2D eigenvalue weighted by Crippen LogP contribution is -2.25. The summed E-state index contributed by atoms with van der Waals surface area (Å²) in [5.74, 6) is -0.135. The number of anilines is 2. The fourth-order valence-electron chi connectivity index (χ4n) is 2.09. The molecule has 25 heavy (non-hydrogen) atoms. The van der Waals surface area contributed by atoms with Crippen LogP contribution in [0, 0.1) is 6.92 Å². The van der Waals surface area contributed by atoms with Crippen molar-refractivity contribution in [2.45, 2.75) is 24.0 Å². The van der Waals surface area contributed by atoms with E-state index in [1.54, 1.807) is 24.3 Å². The van der Waals surface area contributed by atoms with Crippen LogP contribution < -0.4 is 9.62 Å². The van der Waals surface area contributed by atoms with Gasteiger partial charge in [-0.15, -0.1) is 11.8 Å². The topological polar surface area (TPSA) is 66.5 Å². The van der Waals surface area contributed by atoms with Crippen LogP contribution in [-0.4, -0.2) is 32.9 Å². The first kappa shape index (κ1) is 19.3. The highest BCUT2D eigenvalue weighted by molar-refractivity contribution is 8.00. The molecule has 0 radical (unpaired) electrons. The molecule has 2 rings (SSSR count). The summed E-state index contributed by atoms with van der Waals surface area (Å²) < 4.78 is 24.4. The molecule has 0 aromatic heterocycles. The third kappa shape index (κ3) is 5.51. The van der Waals surface area contributed by atoms with Gasteiger partial charge in [0.25, 0.3) is 0 Å². The van der Waals surface area contributed by atoms with Crippen LogP contribution in [0.15, 0.2) is 53.4 Å². The summed E-state index contributed by atoms with van der Waals surface area (Å²) in [6.07, 6.45) is 1.14. The number of amides is 1. The number of sulfonamides is 1. The highest BCUT2D eigenvalue weighted by atomic mass is 32.2. The van der Waals surface area contributed by atoms with Gasteiger partial charge in [0.1, 0.15) is 0 Å². The second kappa shape index (κ2) is 7.93. The van der Waals surface area contributed by atoms with Gasteiger partial charge in [0.05, 0.1) is 17.2 Å². The first-order valence-electron chi connectivity index (χ1n) is 7.75. The summed E-state index contributed by atoms with van der Waals surface area (Å²) in [6.45, 7) is 3.86. The number of rotatable bonds is 6. The van der Waals surface area contributed by atoms with Crippen LogP contribution in [-0.2, 0) is 14.8 Å². The zero-order valence-electron chi connectivity index (χ0n) is 14.7. The van der Waals surface area contributed by atoms with Gasteiger partial charge in [-0.1, -0.05) is 23.8 Å². The maximum atomic E-state index is 12.4. The molecule has 134 valence electrons. The Morgan fingerprint density at radius 3 is 2.40 bits per heavy atom. The molecule has 2 aromatic rings. The molecular formula is C18H22N2O3S2. The second-order valence-corrected chi connectivity index (χ2v) is 9.27. The number of nitrogens with one attached hydrogen (secondary N) is 1. The van der Waals surface area contributed by atoms with E-state index in [1.807, 2.05) is 38.1 Å². The first-order chi connectivity index (χ1) is 11.7. The van der Waals surface area contributed by atoms with Gasteiger partial charge >= 0.3 is 0 Å². The maximum Gasteiger partial charge on any atom is 0.237 e. The Balaban J connectivity index is 2.06. The normalized spacial score (nSPS) is 12.5. The van der Waals surface area contributed by atoms with Crippen molar-refractivity contribution in [3.63, 3.8) is 0 Å². The van der Waals surface area contributed by atoms with E-state index < -0.39 is 10.0 Å². The van der Waals surface area contributed by atoms with Crippen molar-refractivity contribution < 1.29 is 13.2 Å². The van der Waals surface area contributed by atoms with E-state index in [9.17, 15) is 13.2 Å². The van der Waals surface area contributed by atoms with Crippen molar-refractivity contribution in [1.29, 1.82) is 0 Å². The predicted octanol–water partition coefficient (Wildman–Crippen LogP) is 3.51. The standard InChI is InChI=1S/C18H22N2O3S2/c1-13-8-10-17(11-9-13)24-14(2)18(21)19-15-6-5-7-16(12-15)20(3)25(4,22)23/h5-12,14H,1-4H3,(H,19,21)/t14-/m1/s1. The lowest BCUT2D eigenvalue weighted by molar-refractivity contribution is -0.115. The fourth-order valence-corrected chi connectivity index (χ4v) is 3.45. The Morgan fingerprint density at radius 1 is 1.16 bits per heavy atom. The van der Waals surface area contributed by atoms with E-state index >= 15 is 0 Å². The van der Waals surface area contributed by atoms with Crippen molar-refractivity contribution >= 4 is 39.1 Å². The Kier molecular flexibility index (Phi) is 6.13. The fraction of sp³-hybridized carbons (Fsp3) is 0.278. The number of carbonyl (C=O) groups is 1. The summed E-state index contributed by atoms with van der Waals surface area (Å²) >= 11 is 1.48. The monoisotopic (exact) mass is 378 g/mol. The van der Waals surface area contributed by atoms with Crippen molar-refractivity contribution in [2.75, 3.05) is 22.9 Å². The number of aryl methyl sites for hydroxylation is 1. The van der Waals surface area contributed by atoms with E-state index in [1.165, 1.54) is 28.7 Å². The quantitative estimate of drug-likeness (QED) is 0.781. The van der Waals surface area contributed by atoms with Crippen molar-refractivity contribution in [3.8, 4) is 0 Å². The molecule has 0 unspecified atom stereocenters. The number of thioether (sulfide) groups is 1. The predicted molar refractivity (Wildman–Crippen MR) is 105 cm³/mol. The lowest BCUT2D eigenvalue weighted by Gasteiger charge is -2.18. The number of carbonyl (C=O) groups excluding carboxylic acids is 1. The molecule has 0 spiro atoms. The van der Waals surface area contributed by atoms with Crippen LogP contribution in [0.25, 0.3) is 0 Å². The number of nitrogens with zero attached hydrogens (tertiary/aromatic N) is 1. The third-order valence-electron chi connectivity index (χ3n) is 3.68. The molecule has 7 heteroatoms. The van der Waals surface area contributed by atoms with E-state index in [-0.39, 0.29) is 11.2 Å². The molecule has 0 aliphatic heterocycles. The van der Waals surface area contributed by atoms with Gasteiger partial charge in [0.2, 0.25) is 15.9 Å². The Bertz CT molecular complexity index is 849. The minimum Gasteiger partial charge on any atom is -0.325 e. The zero-order chi connectivity index (χ0) is 18.6. The average Bonchev–Trinajstić information content (AvgIpc) is 2.55. The van der Waals surface area contributed by atoms with Gasteiger partial charge in [-0.3, -0.25) is 9.10 Å². The zero-order valence-corrected chi connectivity index (χ0v) is 16.3. The molecule has 0 saturated heterocycles. The van der Waals surface area contributed by atoms with Crippen molar-refractivity contribution in [3.05, 3.63) is 54.1 Å². The Labute approximate surface area is 153 Å². The molecule has 1 amide bonds. The Morgan fingerprint density at radius 2 is 1.80 bits per heavy atom. The van der Waals surface area contributed by atoms with E-state index in [2.05, 4.69) is 5.32 Å². The highest BCUT2D eigenvalue weighted by Crippen LogP contribution is 2.25. The number of benzene rings is 2. The number of hydrogen-bond donors (Lipinski definition) is 1. The molecule has 0 bridgehead atoms. The Hall–Kier alpha value is -1.99. The van der Waals surface area contributed by atoms with E-state index in [0.29, 0.717) is 11.4 Å². The van der Waals surface area contributed by atoms with Crippen LogP contribution in [0.4, 0.5) is 11.4 Å². The third-order valence-corrected chi connectivity index (χ3v) is 6.00. The van der Waals surface area contributed by atoms with Gasteiger partial charge in [-0.2, -0.15) is 0 Å². The minimum atomic E-state index is -3.35. The van der Waals surface area contributed by atoms with Crippen molar-refractivity contribution in [1.82, 2.24) is 0 Å². The minimum absolute atomic E-state index is 0.135. The van der Waals surface area contributed by atoms with E-state index in [4.69, 9.17) is 0 Å². The smallest absolute Gasteiger partial charge is 0.237 e. The van der Waals surface area contributed by atoms with Crippen LogP contribution in [0.5, 0.6) is 0 Å².